The van der Waals surface area contributed by atoms with Gasteiger partial charge in [-0.05, 0) is 56.6 Å². The summed E-state index contributed by atoms with van der Waals surface area (Å²) in [4.78, 5) is 3.04. The van der Waals surface area contributed by atoms with Gasteiger partial charge in [0.15, 0.2) is 0 Å². The van der Waals surface area contributed by atoms with Gasteiger partial charge in [-0.15, -0.1) is 0 Å². The summed E-state index contributed by atoms with van der Waals surface area (Å²) in [6.07, 6.45) is 15.4. The van der Waals surface area contributed by atoms with Gasteiger partial charge in [0.05, 0.1) is 0 Å². The maximum Gasteiger partial charge on any atom is 0.272 e. The molecule has 1 aliphatic carbocycles. The first-order valence-corrected chi connectivity index (χ1v) is 10.1. The van der Waals surface area contributed by atoms with E-state index in [9.17, 15) is 8.42 Å². The van der Waals surface area contributed by atoms with E-state index in [1.54, 1.807) is 0 Å². The molecule has 0 aromatic carbocycles. The first kappa shape index (κ1) is 20.2. The molecule has 0 aromatic rings. The third kappa shape index (κ3) is 5.73. The van der Waals surface area contributed by atoms with Gasteiger partial charge in [-0.3, -0.25) is 0 Å². The van der Waals surface area contributed by atoms with Crippen molar-refractivity contribution in [3.63, 3.8) is 0 Å². The van der Waals surface area contributed by atoms with Crippen LogP contribution in [0, 0.1) is 5.41 Å². The maximum atomic E-state index is 11.0. The van der Waals surface area contributed by atoms with E-state index in [0.717, 1.165) is 11.1 Å². The third-order valence-corrected chi connectivity index (χ3v) is 5.22. The molecule has 0 atom stereocenters. The van der Waals surface area contributed by atoms with E-state index < -0.39 is 10.3 Å². The maximum absolute atomic E-state index is 11.0. The van der Waals surface area contributed by atoms with E-state index in [1.165, 1.54) is 36.5 Å². The molecule has 0 fully saturated rings. The molecule has 0 saturated heterocycles. The predicted molar refractivity (Wildman–Crippen MR) is 107 cm³/mol. The zero-order valence-electron chi connectivity index (χ0n) is 16.1. The number of hydrogen-bond acceptors (Lipinski definition) is 4. The fraction of sp³-hybridized carbons (Fsp3) is 0.450. The molecule has 0 radical (unpaired) electrons. The Kier molecular flexibility index (Phi) is 6.29. The van der Waals surface area contributed by atoms with Gasteiger partial charge < -0.3 is 14.1 Å². The van der Waals surface area contributed by atoms with Gasteiger partial charge in [-0.1, -0.05) is 55.4 Å². The van der Waals surface area contributed by atoms with Crippen molar-refractivity contribution in [3.8, 4) is 0 Å². The Balaban J connectivity index is 2.00. The number of nitrogens with zero attached hydrogens (tertiary/aromatic N) is 2. The molecule has 0 aromatic heterocycles. The minimum absolute atomic E-state index is 0.0188. The molecule has 1 aliphatic heterocycles. The Morgan fingerprint density at radius 2 is 1.96 bits per heavy atom. The van der Waals surface area contributed by atoms with E-state index in [4.69, 9.17) is 0 Å². The van der Waals surface area contributed by atoms with Crippen LogP contribution in [0.5, 0.6) is 0 Å². The molecule has 142 valence electrons. The lowest BCUT2D eigenvalue weighted by Crippen LogP contribution is -2.19. The average Bonchev–Trinajstić information content (AvgIpc) is 2.84. The monoisotopic (exact) mass is 375 g/mol. The van der Waals surface area contributed by atoms with Crippen LogP contribution in [0.4, 0.5) is 0 Å². The summed E-state index contributed by atoms with van der Waals surface area (Å²) >= 11 is 0. The van der Waals surface area contributed by atoms with Crippen molar-refractivity contribution in [1.82, 2.24) is 0 Å². The van der Waals surface area contributed by atoms with Crippen LogP contribution < -0.4 is 0 Å². The summed E-state index contributed by atoms with van der Waals surface area (Å²) in [5.41, 5.74) is 5.12. The smallest absolute Gasteiger partial charge is 0.272 e. The van der Waals surface area contributed by atoms with Crippen molar-refractivity contribution in [2.75, 3.05) is 0 Å². The minimum Gasteiger partial charge on any atom is -0.458 e. The Morgan fingerprint density at radius 3 is 2.58 bits per heavy atom. The van der Waals surface area contributed by atoms with E-state index in [1.807, 2.05) is 25.2 Å². The fourth-order valence-corrected chi connectivity index (χ4v) is 3.67. The lowest BCUT2D eigenvalue weighted by atomic mass is 9.72. The molecule has 0 bridgehead atoms. The Bertz CT molecular complexity index is 838. The zero-order chi connectivity index (χ0) is 19.4. The van der Waals surface area contributed by atoms with Crippen LogP contribution in [-0.2, 0) is 14.5 Å². The lowest BCUT2D eigenvalue weighted by Gasteiger charge is -2.32. The molecule has 2 aliphatic rings. The predicted octanol–water partition coefficient (Wildman–Crippen LogP) is 5.48. The van der Waals surface area contributed by atoms with E-state index in [-0.39, 0.29) is 11.3 Å². The highest BCUT2D eigenvalue weighted by atomic mass is 32.2. The van der Waals surface area contributed by atoms with Crippen molar-refractivity contribution in [2.45, 2.75) is 53.9 Å². The number of rotatable bonds is 5. The second-order valence-corrected chi connectivity index (χ2v) is 8.64. The summed E-state index contributed by atoms with van der Waals surface area (Å²) in [7, 11) is -3.88. The van der Waals surface area contributed by atoms with Crippen LogP contribution in [0.15, 0.2) is 63.8 Å². The van der Waals surface area contributed by atoms with Gasteiger partial charge in [0.2, 0.25) is 5.90 Å². The average molecular weight is 376 g/mol. The van der Waals surface area contributed by atoms with Gasteiger partial charge in [-0.25, -0.2) is 8.42 Å². The molecule has 0 unspecified atom stereocenters. The summed E-state index contributed by atoms with van der Waals surface area (Å²) in [5, 5.41) is 3.46. The van der Waals surface area contributed by atoms with Gasteiger partial charge in [0, 0.05) is 6.08 Å². The second kappa shape index (κ2) is 8.08. The SMILES string of the molecule is CC1=C(/C=C/C(C)=C/C=C/C(C)=C/C2=N[N-]S(=O)(=O)O2)C(C)(C)CCC1. The molecule has 2 rings (SSSR count). The summed E-state index contributed by atoms with van der Waals surface area (Å²) in [6.45, 7) is 10.7. The molecule has 0 spiro atoms. The molecule has 1 heterocycles. The summed E-state index contributed by atoms with van der Waals surface area (Å²) in [6, 6.07) is 0. The Hall–Kier alpha value is -2.08. The molecule has 5 nitrogen and oxygen atoms in total. The Labute approximate surface area is 157 Å². The zero-order valence-corrected chi connectivity index (χ0v) is 16.9. The molecule has 0 amide bonds. The first-order valence-electron chi connectivity index (χ1n) is 8.75. The largest absolute Gasteiger partial charge is 0.458 e. The number of allylic oxidation sites excluding steroid dienone is 9. The normalized spacial score (nSPS) is 23.3. The minimum atomic E-state index is -3.88. The highest BCUT2D eigenvalue weighted by Crippen LogP contribution is 2.40. The highest BCUT2D eigenvalue weighted by Gasteiger charge is 2.26. The van der Waals surface area contributed by atoms with Gasteiger partial charge in [-0.2, -0.15) is 0 Å². The third-order valence-electron chi connectivity index (χ3n) is 4.55. The molecule has 26 heavy (non-hydrogen) atoms. The Morgan fingerprint density at radius 1 is 1.23 bits per heavy atom. The summed E-state index contributed by atoms with van der Waals surface area (Å²) in [5.74, 6) is -0.0188. The van der Waals surface area contributed by atoms with Crippen LogP contribution in [-0.4, -0.2) is 14.3 Å². The van der Waals surface area contributed by atoms with Gasteiger partial charge >= 0.3 is 0 Å². The van der Waals surface area contributed by atoms with E-state index in [0.29, 0.717) is 0 Å². The second-order valence-electron chi connectivity index (χ2n) is 7.45. The highest BCUT2D eigenvalue weighted by molar-refractivity contribution is 7.90. The van der Waals surface area contributed by atoms with E-state index >= 15 is 0 Å². The standard InChI is InChI=1S/C20H27N2O3S/c1-15(11-12-18-17(3)10-7-13-20(18,4)5)8-6-9-16(2)14-19-21-22-26(23,24)25-19/h6,8-9,11-12,14H,7,10,13H2,1-5H3/q-1/b9-6+,12-11+,15-8+,16-14+. The van der Waals surface area contributed by atoms with Crippen molar-refractivity contribution < 1.29 is 12.6 Å². The van der Waals surface area contributed by atoms with Crippen LogP contribution in [0.3, 0.4) is 0 Å². The van der Waals surface area contributed by atoms with Crippen molar-refractivity contribution in [2.24, 2.45) is 10.5 Å². The van der Waals surface area contributed by atoms with Crippen LogP contribution in [0.25, 0.3) is 4.83 Å². The van der Waals surface area contributed by atoms with Crippen LogP contribution in [0.2, 0.25) is 0 Å². The molecule has 0 N–H and O–H groups in total. The topological polar surface area (TPSA) is 69.8 Å². The molecular formula is C20H27N2O3S-. The van der Waals surface area contributed by atoms with Crippen LogP contribution >= 0.6 is 0 Å². The fourth-order valence-electron chi connectivity index (χ4n) is 3.16. The van der Waals surface area contributed by atoms with E-state index in [2.05, 4.69) is 54.0 Å². The molecule has 6 heteroatoms. The van der Waals surface area contributed by atoms with Crippen molar-refractivity contribution >= 4 is 16.2 Å². The molecule has 0 saturated carbocycles. The van der Waals surface area contributed by atoms with Crippen molar-refractivity contribution in [1.29, 1.82) is 0 Å². The van der Waals surface area contributed by atoms with Gasteiger partial charge in [0.25, 0.3) is 10.3 Å². The molecular weight excluding hydrogens is 348 g/mol. The van der Waals surface area contributed by atoms with Crippen molar-refractivity contribution in [3.05, 3.63) is 63.6 Å². The lowest BCUT2D eigenvalue weighted by molar-refractivity contribution is 0.377. The quantitative estimate of drug-likeness (QED) is 0.597. The summed E-state index contributed by atoms with van der Waals surface area (Å²) < 4.78 is 26.6. The number of hydrogen-bond donors (Lipinski definition) is 0. The first-order chi connectivity index (χ1) is 12.1. The van der Waals surface area contributed by atoms with Gasteiger partial charge in [0.1, 0.15) is 0 Å². The van der Waals surface area contributed by atoms with Crippen LogP contribution in [0.1, 0.15) is 53.9 Å².